The average molecular weight is 465 g/mol. The van der Waals surface area contributed by atoms with Gasteiger partial charge in [-0.15, -0.1) is 0 Å². The number of nitrogens with zero attached hydrogens (tertiary/aromatic N) is 3. The average Bonchev–Trinajstić information content (AvgIpc) is 3.01. The Morgan fingerprint density at radius 1 is 1.23 bits per heavy atom. The van der Waals surface area contributed by atoms with Gasteiger partial charge in [0.05, 0.1) is 18.8 Å². The maximum atomic E-state index is 12.4. The third kappa shape index (κ3) is 6.24. The predicted molar refractivity (Wildman–Crippen MR) is 121 cm³/mol. The van der Waals surface area contributed by atoms with E-state index in [1.165, 1.54) is 6.08 Å². The molecule has 1 N–H and O–H groups in total. The number of ether oxygens (including phenoxy) is 1. The molecule has 0 aliphatic carbocycles. The van der Waals surface area contributed by atoms with Crippen molar-refractivity contribution in [3.05, 3.63) is 57.3 Å². The summed E-state index contributed by atoms with van der Waals surface area (Å²) in [5, 5.41) is 8.61. The van der Waals surface area contributed by atoms with Crippen molar-refractivity contribution in [3.63, 3.8) is 0 Å². The lowest BCUT2D eigenvalue weighted by Gasteiger charge is -2.31. The Kier molecular flexibility index (Phi) is 7.98. The number of amides is 2. The number of aryl methyl sites for hydroxylation is 1. The number of carbonyl (C=O) groups is 2. The van der Waals surface area contributed by atoms with Crippen LogP contribution in [0.3, 0.4) is 0 Å². The van der Waals surface area contributed by atoms with Crippen LogP contribution in [0, 0.1) is 6.92 Å². The second-order valence-electron chi connectivity index (χ2n) is 7.38. The molecule has 1 saturated heterocycles. The summed E-state index contributed by atoms with van der Waals surface area (Å²) in [7, 11) is 0. The molecular formula is C22H26Cl2N4O3. The van der Waals surface area contributed by atoms with E-state index in [-0.39, 0.29) is 18.0 Å². The molecule has 1 fully saturated rings. The van der Waals surface area contributed by atoms with Crippen molar-refractivity contribution in [2.45, 2.75) is 39.3 Å². The highest BCUT2D eigenvalue weighted by molar-refractivity contribution is 6.31. The monoisotopic (exact) mass is 464 g/mol. The Bertz CT molecular complexity index is 948. The fourth-order valence-corrected chi connectivity index (χ4v) is 3.88. The van der Waals surface area contributed by atoms with E-state index in [1.54, 1.807) is 22.6 Å². The number of piperidine rings is 1. The maximum absolute atomic E-state index is 12.4. The van der Waals surface area contributed by atoms with Crippen molar-refractivity contribution >= 4 is 41.3 Å². The van der Waals surface area contributed by atoms with Gasteiger partial charge >= 0.3 is 6.09 Å². The molecule has 1 aliphatic heterocycles. The number of hydrogen-bond donors (Lipinski definition) is 1. The van der Waals surface area contributed by atoms with E-state index in [0.29, 0.717) is 54.8 Å². The molecule has 9 heteroatoms. The molecule has 2 heterocycles. The Morgan fingerprint density at radius 2 is 1.90 bits per heavy atom. The molecule has 31 heavy (non-hydrogen) atoms. The molecule has 2 aromatic rings. The van der Waals surface area contributed by atoms with Gasteiger partial charge in [-0.3, -0.25) is 4.79 Å². The second kappa shape index (κ2) is 10.7. The molecule has 0 unspecified atom stereocenters. The molecule has 0 saturated carbocycles. The van der Waals surface area contributed by atoms with Crippen molar-refractivity contribution in [3.8, 4) is 0 Å². The molecule has 2 amide bonds. The van der Waals surface area contributed by atoms with Crippen LogP contribution in [-0.4, -0.2) is 52.4 Å². The zero-order valence-corrected chi connectivity index (χ0v) is 19.1. The highest BCUT2D eigenvalue weighted by atomic mass is 35.5. The first-order valence-corrected chi connectivity index (χ1v) is 11.0. The molecule has 0 bridgehead atoms. The van der Waals surface area contributed by atoms with Crippen molar-refractivity contribution in [2.75, 3.05) is 19.7 Å². The molecule has 1 aromatic heterocycles. The fraction of sp³-hybridized carbons (Fsp3) is 0.409. The molecule has 1 aromatic carbocycles. The van der Waals surface area contributed by atoms with Crippen molar-refractivity contribution in [2.24, 2.45) is 0 Å². The van der Waals surface area contributed by atoms with Crippen LogP contribution in [0.1, 0.15) is 36.6 Å². The van der Waals surface area contributed by atoms with Gasteiger partial charge in [-0.25, -0.2) is 9.48 Å². The van der Waals surface area contributed by atoms with Crippen LogP contribution in [0.2, 0.25) is 10.2 Å². The first kappa shape index (κ1) is 23.2. The largest absolute Gasteiger partial charge is 0.450 e. The third-order valence-corrected chi connectivity index (χ3v) is 5.77. The molecule has 0 radical (unpaired) electrons. The second-order valence-corrected chi connectivity index (χ2v) is 8.17. The lowest BCUT2D eigenvalue weighted by molar-refractivity contribution is -0.117. The standard InChI is InChI=1S/C22H26Cl2N4O3/c1-3-31-22(30)27-12-10-18(11-13-27)25-20(29)9-8-19-15(2)26-28(21(19)24)14-16-4-6-17(23)7-5-16/h4-9,18H,3,10-14H2,1-2H3,(H,25,29)/b9-8+. The van der Waals surface area contributed by atoms with Gasteiger partial charge in [0, 0.05) is 35.8 Å². The zero-order chi connectivity index (χ0) is 22.4. The molecule has 166 valence electrons. The third-order valence-electron chi connectivity index (χ3n) is 5.12. The number of carbonyl (C=O) groups excluding carboxylic acids is 2. The van der Waals surface area contributed by atoms with Gasteiger partial charge < -0.3 is 15.0 Å². The van der Waals surface area contributed by atoms with Crippen LogP contribution in [-0.2, 0) is 16.1 Å². The minimum atomic E-state index is -0.298. The summed E-state index contributed by atoms with van der Waals surface area (Å²) in [5.74, 6) is -0.199. The minimum absolute atomic E-state index is 0.0204. The summed E-state index contributed by atoms with van der Waals surface area (Å²) in [6.07, 6.45) is 4.24. The summed E-state index contributed by atoms with van der Waals surface area (Å²) in [4.78, 5) is 25.8. The lowest BCUT2D eigenvalue weighted by Crippen LogP contribution is -2.46. The summed E-state index contributed by atoms with van der Waals surface area (Å²) < 4.78 is 6.71. The first-order valence-electron chi connectivity index (χ1n) is 10.2. The molecule has 0 spiro atoms. The predicted octanol–water partition coefficient (Wildman–Crippen LogP) is 4.30. The highest BCUT2D eigenvalue weighted by Gasteiger charge is 2.24. The first-order chi connectivity index (χ1) is 14.9. The Hall–Kier alpha value is -2.51. The van der Waals surface area contributed by atoms with E-state index in [1.807, 2.05) is 31.2 Å². The fourth-order valence-electron chi connectivity index (χ4n) is 3.45. The van der Waals surface area contributed by atoms with E-state index in [4.69, 9.17) is 27.9 Å². The maximum Gasteiger partial charge on any atom is 0.409 e. The topological polar surface area (TPSA) is 76.5 Å². The highest BCUT2D eigenvalue weighted by Crippen LogP contribution is 2.23. The van der Waals surface area contributed by atoms with Gasteiger partial charge in [0.2, 0.25) is 5.91 Å². The van der Waals surface area contributed by atoms with E-state index in [2.05, 4.69) is 10.4 Å². The molecule has 3 rings (SSSR count). The van der Waals surface area contributed by atoms with E-state index in [0.717, 1.165) is 11.3 Å². The number of rotatable bonds is 6. The van der Waals surface area contributed by atoms with Gasteiger partial charge in [-0.05, 0) is 50.5 Å². The van der Waals surface area contributed by atoms with Crippen LogP contribution in [0.4, 0.5) is 4.79 Å². The van der Waals surface area contributed by atoms with Gasteiger partial charge in [0.25, 0.3) is 0 Å². The quantitative estimate of drug-likeness (QED) is 0.646. The van der Waals surface area contributed by atoms with Crippen molar-refractivity contribution in [1.82, 2.24) is 20.0 Å². The molecule has 7 nitrogen and oxygen atoms in total. The van der Waals surface area contributed by atoms with E-state index < -0.39 is 0 Å². The number of benzene rings is 1. The SMILES string of the molecule is CCOC(=O)N1CCC(NC(=O)/C=C/c2c(C)nn(Cc3ccc(Cl)cc3)c2Cl)CC1. The summed E-state index contributed by atoms with van der Waals surface area (Å²) in [6.45, 7) is 5.64. The van der Waals surface area contributed by atoms with E-state index >= 15 is 0 Å². The van der Waals surface area contributed by atoms with Crippen molar-refractivity contribution < 1.29 is 14.3 Å². The number of nitrogens with one attached hydrogen (secondary N) is 1. The smallest absolute Gasteiger partial charge is 0.409 e. The van der Waals surface area contributed by atoms with Crippen LogP contribution < -0.4 is 5.32 Å². The Balaban J connectivity index is 1.55. The van der Waals surface area contributed by atoms with Crippen LogP contribution in [0.5, 0.6) is 0 Å². The summed E-state index contributed by atoms with van der Waals surface area (Å²) in [6, 6.07) is 7.51. The van der Waals surface area contributed by atoms with Crippen LogP contribution in [0.15, 0.2) is 30.3 Å². The Morgan fingerprint density at radius 3 is 2.55 bits per heavy atom. The molecule has 1 aliphatic rings. The summed E-state index contributed by atoms with van der Waals surface area (Å²) >= 11 is 12.4. The number of aromatic nitrogens is 2. The number of likely N-dealkylation sites (tertiary alicyclic amines) is 1. The van der Waals surface area contributed by atoms with Gasteiger partial charge in [-0.1, -0.05) is 35.3 Å². The van der Waals surface area contributed by atoms with Crippen LogP contribution >= 0.6 is 23.2 Å². The minimum Gasteiger partial charge on any atom is -0.450 e. The normalized spacial score (nSPS) is 14.8. The number of halogens is 2. The van der Waals surface area contributed by atoms with Gasteiger partial charge in [-0.2, -0.15) is 5.10 Å². The van der Waals surface area contributed by atoms with Crippen LogP contribution in [0.25, 0.3) is 6.08 Å². The lowest BCUT2D eigenvalue weighted by atomic mass is 10.1. The van der Waals surface area contributed by atoms with E-state index in [9.17, 15) is 9.59 Å². The van der Waals surface area contributed by atoms with Gasteiger partial charge in [0.15, 0.2) is 0 Å². The van der Waals surface area contributed by atoms with Gasteiger partial charge in [0.1, 0.15) is 5.15 Å². The summed E-state index contributed by atoms with van der Waals surface area (Å²) in [5.41, 5.74) is 2.48. The Labute approximate surface area is 191 Å². The molecular weight excluding hydrogens is 439 g/mol. The number of hydrogen-bond acceptors (Lipinski definition) is 4. The van der Waals surface area contributed by atoms with Crippen molar-refractivity contribution in [1.29, 1.82) is 0 Å². The molecule has 0 atom stereocenters. The zero-order valence-electron chi connectivity index (χ0n) is 17.6.